The van der Waals surface area contributed by atoms with Crippen molar-refractivity contribution in [3.63, 3.8) is 0 Å². The van der Waals surface area contributed by atoms with Gasteiger partial charge in [0, 0.05) is 12.2 Å². The first kappa shape index (κ1) is 13.1. The van der Waals surface area contributed by atoms with Gasteiger partial charge in [0.15, 0.2) is 0 Å². The maximum atomic E-state index is 13.0. The first-order valence-electron chi connectivity index (χ1n) is 7.06. The van der Waals surface area contributed by atoms with Gasteiger partial charge in [0.1, 0.15) is 5.82 Å². The Morgan fingerprint density at radius 3 is 2.60 bits per heavy atom. The van der Waals surface area contributed by atoms with Crippen molar-refractivity contribution in [3.8, 4) is 0 Å². The molecule has 0 spiro atoms. The van der Waals surface area contributed by atoms with E-state index >= 15 is 0 Å². The van der Waals surface area contributed by atoms with Gasteiger partial charge in [0.25, 0.3) is 0 Å². The predicted molar refractivity (Wildman–Crippen MR) is 80.1 cm³/mol. The van der Waals surface area contributed by atoms with Gasteiger partial charge < -0.3 is 11.1 Å². The third kappa shape index (κ3) is 2.29. The Balaban J connectivity index is 1.98. The van der Waals surface area contributed by atoms with E-state index < -0.39 is 0 Å². The van der Waals surface area contributed by atoms with E-state index in [1.807, 2.05) is 0 Å². The Morgan fingerprint density at radius 2 is 1.85 bits per heavy atom. The molecule has 0 bridgehead atoms. The normalized spacial score (nSPS) is 21.3. The number of fused-ring (bicyclic) bond motifs is 1. The van der Waals surface area contributed by atoms with Gasteiger partial charge in [-0.25, -0.2) is 4.39 Å². The number of nitrogens with one attached hydrogen (secondary N) is 1. The van der Waals surface area contributed by atoms with Crippen LogP contribution in [-0.4, -0.2) is 6.54 Å². The lowest BCUT2D eigenvalue weighted by Gasteiger charge is -2.40. The zero-order chi connectivity index (χ0) is 14.0. The van der Waals surface area contributed by atoms with Crippen LogP contribution in [0.4, 0.5) is 10.1 Å². The SMILES string of the molecule is NCC1(Nc2ccc(F)cc2)CCCc2ccccc21. The molecule has 3 N–H and O–H groups in total. The highest BCUT2D eigenvalue weighted by Gasteiger charge is 2.34. The van der Waals surface area contributed by atoms with Crippen molar-refractivity contribution in [1.82, 2.24) is 0 Å². The summed E-state index contributed by atoms with van der Waals surface area (Å²) in [7, 11) is 0. The van der Waals surface area contributed by atoms with Crippen LogP contribution < -0.4 is 11.1 Å². The zero-order valence-corrected chi connectivity index (χ0v) is 11.4. The average Bonchev–Trinajstić information content (AvgIpc) is 2.50. The molecule has 0 radical (unpaired) electrons. The van der Waals surface area contributed by atoms with E-state index in [1.54, 1.807) is 12.1 Å². The quantitative estimate of drug-likeness (QED) is 0.896. The lowest BCUT2D eigenvalue weighted by Crippen LogP contribution is -2.45. The fourth-order valence-electron chi connectivity index (χ4n) is 3.12. The minimum atomic E-state index is -0.243. The van der Waals surface area contributed by atoms with Crippen LogP contribution in [0, 0.1) is 5.82 Å². The number of rotatable bonds is 3. The monoisotopic (exact) mass is 270 g/mol. The van der Waals surface area contributed by atoms with E-state index in [4.69, 9.17) is 5.73 Å². The molecule has 1 aliphatic rings. The van der Waals surface area contributed by atoms with E-state index in [9.17, 15) is 4.39 Å². The van der Waals surface area contributed by atoms with E-state index in [1.165, 1.54) is 23.3 Å². The van der Waals surface area contributed by atoms with Crippen molar-refractivity contribution < 1.29 is 4.39 Å². The van der Waals surface area contributed by atoms with Gasteiger partial charge in [-0.2, -0.15) is 0 Å². The summed E-state index contributed by atoms with van der Waals surface area (Å²) in [5, 5.41) is 3.54. The molecule has 0 fully saturated rings. The molecule has 3 rings (SSSR count). The number of halogens is 1. The molecule has 1 unspecified atom stereocenters. The second-order valence-electron chi connectivity index (χ2n) is 5.43. The Morgan fingerprint density at radius 1 is 1.10 bits per heavy atom. The molecule has 0 saturated heterocycles. The molecule has 0 aromatic heterocycles. The van der Waals surface area contributed by atoms with Crippen LogP contribution in [0.5, 0.6) is 0 Å². The Hall–Kier alpha value is -1.87. The summed E-state index contributed by atoms with van der Waals surface area (Å²) in [6, 6.07) is 14.9. The van der Waals surface area contributed by atoms with Crippen molar-refractivity contribution in [1.29, 1.82) is 0 Å². The molecule has 0 amide bonds. The maximum Gasteiger partial charge on any atom is 0.123 e. The summed E-state index contributed by atoms with van der Waals surface area (Å²) in [6.45, 7) is 0.529. The number of benzene rings is 2. The molecule has 0 saturated carbocycles. The largest absolute Gasteiger partial charge is 0.374 e. The number of anilines is 1. The summed E-state index contributed by atoms with van der Waals surface area (Å²) < 4.78 is 13.0. The van der Waals surface area contributed by atoms with E-state index in [0.29, 0.717) is 6.54 Å². The van der Waals surface area contributed by atoms with Crippen molar-refractivity contribution in [2.75, 3.05) is 11.9 Å². The lowest BCUT2D eigenvalue weighted by molar-refractivity contribution is 0.417. The highest BCUT2D eigenvalue weighted by Crippen LogP contribution is 2.37. The van der Waals surface area contributed by atoms with Crippen LogP contribution in [0.25, 0.3) is 0 Å². The molecule has 2 aromatic carbocycles. The predicted octanol–water partition coefficient (Wildman–Crippen LogP) is 3.43. The van der Waals surface area contributed by atoms with Crippen molar-refractivity contribution in [3.05, 3.63) is 65.5 Å². The number of hydrogen-bond donors (Lipinski definition) is 2. The van der Waals surface area contributed by atoms with Gasteiger partial charge >= 0.3 is 0 Å². The average molecular weight is 270 g/mol. The molecule has 20 heavy (non-hydrogen) atoms. The third-order valence-electron chi connectivity index (χ3n) is 4.16. The molecule has 3 heteroatoms. The Bertz CT molecular complexity index is 594. The van der Waals surface area contributed by atoms with Crippen LogP contribution in [0.1, 0.15) is 24.0 Å². The molecule has 1 atom stereocenters. The van der Waals surface area contributed by atoms with E-state index in [-0.39, 0.29) is 11.4 Å². The topological polar surface area (TPSA) is 38.0 Å². The van der Waals surface area contributed by atoms with Crippen LogP contribution >= 0.6 is 0 Å². The van der Waals surface area contributed by atoms with Crippen LogP contribution in [0.3, 0.4) is 0 Å². The maximum absolute atomic E-state index is 13.0. The number of aryl methyl sites for hydroxylation is 1. The molecule has 104 valence electrons. The Kier molecular flexibility index (Phi) is 3.45. The highest BCUT2D eigenvalue weighted by molar-refractivity contribution is 5.50. The molecular formula is C17H19FN2. The highest BCUT2D eigenvalue weighted by atomic mass is 19.1. The fourth-order valence-corrected chi connectivity index (χ4v) is 3.12. The minimum absolute atomic E-state index is 0.221. The standard InChI is InChI=1S/C17H19FN2/c18-14-7-9-15(10-8-14)20-17(12-19)11-3-5-13-4-1-2-6-16(13)17/h1-2,4,6-10,20H,3,5,11-12,19H2. The van der Waals surface area contributed by atoms with Crippen molar-refractivity contribution in [2.45, 2.75) is 24.8 Å². The van der Waals surface area contributed by atoms with Gasteiger partial charge in [0.2, 0.25) is 0 Å². The summed E-state index contributed by atoms with van der Waals surface area (Å²) in [4.78, 5) is 0. The van der Waals surface area contributed by atoms with Gasteiger partial charge in [-0.15, -0.1) is 0 Å². The van der Waals surface area contributed by atoms with Gasteiger partial charge in [-0.1, -0.05) is 24.3 Å². The lowest BCUT2D eigenvalue weighted by atomic mass is 9.76. The molecule has 0 heterocycles. The molecular weight excluding hydrogens is 251 g/mol. The van der Waals surface area contributed by atoms with Crippen LogP contribution in [0.15, 0.2) is 48.5 Å². The van der Waals surface area contributed by atoms with E-state index in [2.05, 4.69) is 29.6 Å². The van der Waals surface area contributed by atoms with Crippen molar-refractivity contribution >= 4 is 5.69 Å². The van der Waals surface area contributed by atoms with Crippen LogP contribution in [-0.2, 0) is 12.0 Å². The zero-order valence-electron chi connectivity index (χ0n) is 11.4. The first-order chi connectivity index (χ1) is 9.73. The van der Waals surface area contributed by atoms with Gasteiger partial charge in [-0.3, -0.25) is 0 Å². The number of hydrogen-bond acceptors (Lipinski definition) is 2. The molecule has 2 aromatic rings. The second kappa shape index (κ2) is 5.25. The van der Waals surface area contributed by atoms with Gasteiger partial charge in [0.05, 0.1) is 5.54 Å². The molecule has 1 aliphatic carbocycles. The summed E-state index contributed by atoms with van der Waals surface area (Å²) >= 11 is 0. The minimum Gasteiger partial charge on any atom is -0.374 e. The summed E-state index contributed by atoms with van der Waals surface area (Å²) in [5.74, 6) is -0.221. The van der Waals surface area contributed by atoms with Gasteiger partial charge in [-0.05, 0) is 54.7 Å². The summed E-state index contributed by atoms with van der Waals surface area (Å²) in [6.07, 6.45) is 3.21. The fraction of sp³-hybridized carbons (Fsp3) is 0.294. The van der Waals surface area contributed by atoms with Crippen LogP contribution in [0.2, 0.25) is 0 Å². The Labute approximate surface area is 118 Å². The van der Waals surface area contributed by atoms with Crippen molar-refractivity contribution in [2.24, 2.45) is 5.73 Å². The van der Waals surface area contributed by atoms with E-state index in [0.717, 1.165) is 24.9 Å². The third-order valence-corrected chi connectivity index (χ3v) is 4.16. The molecule has 2 nitrogen and oxygen atoms in total. The number of nitrogens with two attached hydrogens (primary N) is 1. The molecule has 0 aliphatic heterocycles. The smallest absolute Gasteiger partial charge is 0.123 e. The summed E-state index contributed by atoms with van der Waals surface area (Å²) in [5.41, 5.74) is 9.40. The first-order valence-corrected chi connectivity index (χ1v) is 7.06. The second-order valence-corrected chi connectivity index (χ2v) is 5.43.